The van der Waals surface area contributed by atoms with E-state index in [1.165, 1.54) is 5.57 Å². The third-order valence-corrected chi connectivity index (χ3v) is 6.64. The Morgan fingerprint density at radius 2 is 1.69 bits per heavy atom. The van der Waals surface area contributed by atoms with Crippen molar-refractivity contribution in [1.29, 1.82) is 0 Å². The fourth-order valence-electron chi connectivity index (χ4n) is 4.29. The summed E-state index contributed by atoms with van der Waals surface area (Å²) >= 11 is 0. The number of hydrogen-bond acceptors (Lipinski definition) is 3. The third kappa shape index (κ3) is 6.68. The second kappa shape index (κ2) is 11.3. The van der Waals surface area contributed by atoms with Gasteiger partial charge in [0.15, 0.2) is 0 Å². The van der Waals surface area contributed by atoms with Crippen LogP contribution in [-0.2, 0) is 4.74 Å². The van der Waals surface area contributed by atoms with Gasteiger partial charge in [0.25, 0.3) is 0 Å². The van der Waals surface area contributed by atoms with Crippen LogP contribution in [0, 0.1) is 0 Å². The topological polar surface area (TPSA) is 41.6 Å². The maximum Gasteiger partial charge on any atom is 0.411 e. The van der Waals surface area contributed by atoms with Crippen LogP contribution in [0.1, 0.15) is 26.7 Å². The van der Waals surface area contributed by atoms with E-state index in [1.54, 1.807) is 0 Å². The summed E-state index contributed by atoms with van der Waals surface area (Å²) in [6.45, 7) is 14.8. The predicted octanol–water partition coefficient (Wildman–Crippen LogP) is 5.41. The van der Waals surface area contributed by atoms with Gasteiger partial charge in [0.1, 0.15) is 12.6 Å². The van der Waals surface area contributed by atoms with Crippen molar-refractivity contribution < 1.29 is 14.0 Å². The van der Waals surface area contributed by atoms with Crippen LogP contribution >= 0.6 is 0 Å². The van der Waals surface area contributed by atoms with E-state index in [0.29, 0.717) is 0 Å². The number of anilines is 1. The van der Waals surface area contributed by atoms with Gasteiger partial charge in [0.2, 0.25) is 0 Å². The van der Waals surface area contributed by atoms with E-state index in [-0.39, 0.29) is 12.2 Å². The van der Waals surface area contributed by atoms with Crippen LogP contribution in [-0.4, -0.2) is 67.9 Å². The molecule has 0 spiro atoms. The molecule has 1 aliphatic rings. The van der Waals surface area contributed by atoms with Crippen molar-refractivity contribution in [2.24, 2.45) is 0 Å². The summed E-state index contributed by atoms with van der Waals surface area (Å²) in [5.74, 6) is 0. The van der Waals surface area contributed by atoms with Gasteiger partial charge >= 0.3 is 6.09 Å². The number of benzene rings is 2. The molecule has 1 saturated heterocycles. The van der Waals surface area contributed by atoms with Gasteiger partial charge in [-0.05, 0) is 43.9 Å². The van der Waals surface area contributed by atoms with E-state index in [1.807, 2.05) is 54.6 Å². The van der Waals surface area contributed by atoms with Crippen LogP contribution in [0.3, 0.4) is 0 Å². The lowest BCUT2D eigenvalue weighted by Crippen LogP contribution is -2.47. The summed E-state index contributed by atoms with van der Waals surface area (Å²) in [6, 6.07) is 17.9. The van der Waals surface area contributed by atoms with E-state index in [0.717, 1.165) is 73.4 Å². The molecule has 3 rings (SSSR count). The Hall–Kier alpha value is -2.63. The molecule has 0 bridgehead atoms. The lowest BCUT2D eigenvalue weighted by Gasteiger charge is -2.36. The number of ether oxygens (including phenoxy) is 1. The molecule has 0 radical (unpaired) electrons. The van der Waals surface area contributed by atoms with Crippen LogP contribution in [0.15, 0.2) is 66.7 Å². The highest BCUT2D eigenvalue weighted by Gasteiger charge is 2.25. The quantitative estimate of drug-likeness (QED) is 0.422. The number of likely N-dealkylation sites (N-methyl/N-ethyl adjacent to an activating group) is 1. The minimum absolute atomic E-state index is 0.0456. The first-order valence-corrected chi connectivity index (χ1v) is 11.8. The zero-order valence-electron chi connectivity index (χ0n) is 19.8. The number of hydrogen-bond donors (Lipinski definition) is 1. The van der Waals surface area contributed by atoms with Gasteiger partial charge < -0.3 is 9.22 Å². The van der Waals surface area contributed by atoms with Gasteiger partial charge in [-0.15, -0.1) is 0 Å². The van der Waals surface area contributed by atoms with Gasteiger partial charge in [-0.3, -0.25) is 10.2 Å². The molecule has 1 aliphatic heterocycles. The molecular weight excluding hydrogens is 398 g/mol. The van der Waals surface area contributed by atoms with Gasteiger partial charge in [-0.2, -0.15) is 0 Å². The van der Waals surface area contributed by atoms with Crippen LogP contribution in [0.4, 0.5) is 10.5 Å². The fourth-order valence-corrected chi connectivity index (χ4v) is 4.29. The van der Waals surface area contributed by atoms with Gasteiger partial charge in [-0.1, -0.05) is 55.1 Å². The Balaban J connectivity index is 1.47. The van der Waals surface area contributed by atoms with Crippen molar-refractivity contribution in [2.45, 2.75) is 32.8 Å². The van der Waals surface area contributed by atoms with E-state index in [9.17, 15) is 4.79 Å². The molecule has 172 valence electrons. The standard InChI is InChI=1S/C27H37N3O2/c1-5-30(4,6-2)21-22(3)20-29-18-16-24(17-19-29)32-27(31)28-26-15-11-10-14-25(26)23-12-8-7-9-13-23/h7-15,24H,3,5-6,16-21H2,1-2,4H3/p+1. The lowest BCUT2D eigenvalue weighted by atomic mass is 10.0. The molecule has 0 aliphatic carbocycles. The Kier molecular flexibility index (Phi) is 8.48. The van der Waals surface area contributed by atoms with Crippen molar-refractivity contribution in [3.8, 4) is 11.1 Å². The number of quaternary nitrogens is 1. The summed E-state index contributed by atoms with van der Waals surface area (Å²) in [5, 5.41) is 2.95. The maximum absolute atomic E-state index is 12.6. The molecule has 1 heterocycles. The zero-order valence-corrected chi connectivity index (χ0v) is 19.8. The smallest absolute Gasteiger partial charge is 0.411 e. The number of likely N-dealkylation sites (tertiary alicyclic amines) is 1. The molecule has 0 unspecified atom stereocenters. The highest BCUT2D eigenvalue weighted by atomic mass is 16.6. The third-order valence-electron chi connectivity index (χ3n) is 6.64. The highest BCUT2D eigenvalue weighted by Crippen LogP contribution is 2.28. The van der Waals surface area contributed by atoms with Crippen molar-refractivity contribution >= 4 is 11.8 Å². The van der Waals surface area contributed by atoms with Crippen LogP contribution in [0.5, 0.6) is 0 Å². The van der Waals surface area contributed by atoms with E-state index >= 15 is 0 Å². The Morgan fingerprint density at radius 3 is 2.34 bits per heavy atom. The molecule has 0 atom stereocenters. The van der Waals surface area contributed by atoms with Gasteiger partial charge in [-0.25, -0.2) is 4.79 Å². The number of piperidine rings is 1. The highest BCUT2D eigenvalue weighted by molar-refractivity contribution is 5.91. The fraction of sp³-hybridized carbons (Fsp3) is 0.444. The lowest BCUT2D eigenvalue weighted by molar-refractivity contribution is -0.901. The number of nitrogens with zero attached hydrogens (tertiary/aromatic N) is 2. The zero-order chi connectivity index (χ0) is 23.0. The van der Waals surface area contributed by atoms with E-state index in [4.69, 9.17) is 4.74 Å². The molecule has 32 heavy (non-hydrogen) atoms. The molecule has 2 aromatic rings. The summed E-state index contributed by atoms with van der Waals surface area (Å²) in [6.07, 6.45) is 1.29. The van der Waals surface area contributed by atoms with Crippen LogP contribution < -0.4 is 5.32 Å². The number of rotatable bonds is 9. The summed E-state index contributed by atoms with van der Waals surface area (Å²) in [5.41, 5.74) is 4.11. The monoisotopic (exact) mass is 436 g/mol. The average Bonchev–Trinajstić information content (AvgIpc) is 2.81. The molecule has 2 aromatic carbocycles. The van der Waals surface area contributed by atoms with Gasteiger partial charge in [0, 0.05) is 25.2 Å². The number of nitrogens with one attached hydrogen (secondary N) is 1. The Morgan fingerprint density at radius 1 is 1.06 bits per heavy atom. The Labute approximate surface area is 193 Å². The first-order chi connectivity index (χ1) is 15.4. The first-order valence-electron chi connectivity index (χ1n) is 11.8. The van der Waals surface area contributed by atoms with Crippen LogP contribution in [0.25, 0.3) is 11.1 Å². The van der Waals surface area contributed by atoms with Crippen molar-refractivity contribution in [3.05, 3.63) is 66.7 Å². The minimum atomic E-state index is -0.379. The van der Waals surface area contributed by atoms with Crippen molar-refractivity contribution in [2.75, 3.05) is 51.6 Å². The second-order valence-electron chi connectivity index (χ2n) is 9.08. The largest absolute Gasteiger partial charge is 0.446 e. The first kappa shape index (κ1) is 24.0. The number of carbonyl (C=O) groups is 1. The van der Waals surface area contributed by atoms with Crippen molar-refractivity contribution in [1.82, 2.24) is 4.90 Å². The Bertz CT molecular complexity index is 885. The van der Waals surface area contributed by atoms with E-state index in [2.05, 4.69) is 37.7 Å². The molecule has 1 N–H and O–H groups in total. The maximum atomic E-state index is 12.6. The molecule has 0 saturated carbocycles. The second-order valence-corrected chi connectivity index (χ2v) is 9.08. The minimum Gasteiger partial charge on any atom is -0.446 e. The molecule has 1 amide bonds. The van der Waals surface area contributed by atoms with Crippen LogP contribution in [0.2, 0.25) is 0 Å². The summed E-state index contributed by atoms with van der Waals surface area (Å²) in [7, 11) is 2.29. The molecule has 1 fully saturated rings. The normalized spacial score (nSPS) is 15.3. The summed E-state index contributed by atoms with van der Waals surface area (Å²) in [4.78, 5) is 15.0. The number of para-hydroxylation sites is 1. The summed E-state index contributed by atoms with van der Waals surface area (Å²) < 4.78 is 6.78. The molecule has 0 aromatic heterocycles. The SMILES string of the molecule is C=C(CN1CCC(OC(=O)Nc2ccccc2-c2ccccc2)CC1)C[N+](C)(CC)CC. The number of amides is 1. The average molecular weight is 437 g/mol. The van der Waals surface area contributed by atoms with Crippen molar-refractivity contribution in [3.63, 3.8) is 0 Å². The predicted molar refractivity (Wildman–Crippen MR) is 133 cm³/mol. The molecule has 5 nitrogen and oxygen atoms in total. The molecule has 5 heteroatoms. The van der Waals surface area contributed by atoms with E-state index < -0.39 is 0 Å². The van der Waals surface area contributed by atoms with Gasteiger partial charge in [0.05, 0.1) is 25.8 Å². The molecular formula is C27H38N3O2+. The number of carbonyl (C=O) groups excluding carboxylic acids is 1.